The molecule has 4 rings (SSSR count). The van der Waals surface area contributed by atoms with Gasteiger partial charge in [-0.3, -0.25) is 9.80 Å². The van der Waals surface area contributed by atoms with Crippen molar-refractivity contribution in [2.24, 2.45) is 0 Å². The molecular formula is C16H23N3O3. The van der Waals surface area contributed by atoms with Crippen LogP contribution in [-0.4, -0.2) is 53.3 Å². The van der Waals surface area contributed by atoms with Crippen LogP contribution in [0.15, 0.2) is 10.6 Å². The Labute approximate surface area is 130 Å². The number of ether oxygens (including phenoxy) is 1. The minimum atomic E-state index is -0.163. The zero-order chi connectivity index (χ0) is 14.9. The van der Waals surface area contributed by atoms with Crippen molar-refractivity contribution in [1.82, 2.24) is 15.0 Å². The SMILES string of the molecule is O=C1OCC2CN(Cc3cc(C4CCCCC4)no3)CCN12. The van der Waals surface area contributed by atoms with Crippen LogP contribution >= 0.6 is 0 Å². The molecule has 0 N–H and O–H groups in total. The predicted octanol–water partition coefficient (Wildman–Crippen LogP) is 2.36. The monoisotopic (exact) mass is 305 g/mol. The van der Waals surface area contributed by atoms with E-state index in [0.717, 1.165) is 37.6 Å². The third kappa shape index (κ3) is 2.72. The van der Waals surface area contributed by atoms with Gasteiger partial charge in [0.05, 0.1) is 18.3 Å². The molecule has 3 heterocycles. The lowest BCUT2D eigenvalue weighted by Crippen LogP contribution is -2.51. The molecule has 1 aliphatic carbocycles. The summed E-state index contributed by atoms with van der Waals surface area (Å²) in [4.78, 5) is 15.7. The highest BCUT2D eigenvalue weighted by molar-refractivity contribution is 5.70. The molecule has 0 radical (unpaired) electrons. The number of carbonyl (C=O) groups is 1. The Balaban J connectivity index is 1.36. The topological polar surface area (TPSA) is 58.8 Å². The van der Waals surface area contributed by atoms with Gasteiger partial charge in [0.2, 0.25) is 0 Å². The van der Waals surface area contributed by atoms with Crippen molar-refractivity contribution in [2.45, 2.75) is 50.6 Å². The zero-order valence-electron chi connectivity index (χ0n) is 12.9. The van der Waals surface area contributed by atoms with Gasteiger partial charge in [0.15, 0.2) is 5.76 Å². The van der Waals surface area contributed by atoms with Crippen molar-refractivity contribution in [3.05, 3.63) is 17.5 Å². The van der Waals surface area contributed by atoms with E-state index >= 15 is 0 Å². The first kappa shape index (κ1) is 14.1. The average Bonchev–Trinajstić information content (AvgIpc) is 3.16. The molecule has 0 bridgehead atoms. The van der Waals surface area contributed by atoms with Crippen LogP contribution in [0.25, 0.3) is 0 Å². The van der Waals surface area contributed by atoms with Gasteiger partial charge in [-0.05, 0) is 12.8 Å². The number of hydrogen-bond donors (Lipinski definition) is 0. The van der Waals surface area contributed by atoms with Gasteiger partial charge in [-0.15, -0.1) is 0 Å². The van der Waals surface area contributed by atoms with Crippen LogP contribution in [0.1, 0.15) is 49.5 Å². The molecular weight excluding hydrogens is 282 g/mol. The highest BCUT2D eigenvalue weighted by atomic mass is 16.6. The van der Waals surface area contributed by atoms with Gasteiger partial charge >= 0.3 is 6.09 Å². The fourth-order valence-electron chi connectivity index (χ4n) is 3.91. The summed E-state index contributed by atoms with van der Waals surface area (Å²) in [5.74, 6) is 1.53. The molecule has 1 atom stereocenters. The third-order valence-corrected chi connectivity index (χ3v) is 5.18. The number of hydrogen-bond acceptors (Lipinski definition) is 5. The smallest absolute Gasteiger partial charge is 0.410 e. The summed E-state index contributed by atoms with van der Waals surface area (Å²) < 4.78 is 10.7. The molecule has 120 valence electrons. The molecule has 2 aliphatic heterocycles. The Kier molecular flexibility index (Phi) is 3.78. The van der Waals surface area contributed by atoms with Crippen LogP contribution in [-0.2, 0) is 11.3 Å². The van der Waals surface area contributed by atoms with Crippen LogP contribution in [0, 0.1) is 0 Å². The zero-order valence-corrected chi connectivity index (χ0v) is 12.9. The maximum Gasteiger partial charge on any atom is 0.410 e. The van der Waals surface area contributed by atoms with Gasteiger partial charge in [-0.25, -0.2) is 4.79 Å². The minimum absolute atomic E-state index is 0.163. The summed E-state index contributed by atoms with van der Waals surface area (Å²) in [6.45, 7) is 3.75. The fraction of sp³-hybridized carbons (Fsp3) is 0.750. The maximum absolute atomic E-state index is 11.5. The Morgan fingerprint density at radius 2 is 2.09 bits per heavy atom. The van der Waals surface area contributed by atoms with E-state index in [4.69, 9.17) is 9.26 Å². The quantitative estimate of drug-likeness (QED) is 0.858. The van der Waals surface area contributed by atoms with E-state index in [1.54, 1.807) is 0 Å². The molecule has 3 fully saturated rings. The summed E-state index contributed by atoms with van der Waals surface area (Å²) in [5, 5.41) is 4.29. The van der Waals surface area contributed by atoms with Gasteiger partial charge in [0.1, 0.15) is 6.61 Å². The molecule has 3 aliphatic rings. The standard InChI is InChI=1S/C16H23N3O3/c20-16-19-7-6-18(9-13(19)11-21-16)10-14-8-15(17-22-14)12-4-2-1-3-5-12/h8,12-13H,1-7,9-11H2. The van der Waals surface area contributed by atoms with Crippen LogP contribution in [0.2, 0.25) is 0 Å². The lowest BCUT2D eigenvalue weighted by Gasteiger charge is -2.34. The highest BCUT2D eigenvalue weighted by Gasteiger charge is 2.37. The first-order chi connectivity index (χ1) is 10.8. The molecule has 1 amide bonds. The summed E-state index contributed by atoms with van der Waals surface area (Å²) in [6.07, 6.45) is 6.30. The molecule has 6 heteroatoms. The lowest BCUT2D eigenvalue weighted by atomic mass is 9.87. The maximum atomic E-state index is 11.5. The van der Waals surface area contributed by atoms with Crippen LogP contribution in [0.3, 0.4) is 0 Å². The molecule has 1 unspecified atom stereocenters. The number of piperazine rings is 1. The first-order valence-corrected chi connectivity index (χ1v) is 8.41. The van der Waals surface area contributed by atoms with Crippen molar-refractivity contribution in [1.29, 1.82) is 0 Å². The van der Waals surface area contributed by atoms with E-state index in [9.17, 15) is 4.79 Å². The number of fused-ring (bicyclic) bond motifs is 1. The summed E-state index contributed by atoms with van der Waals surface area (Å²) in [6, 6.07) is 2.33. The van der Waals surface area contributed by atoms with E-state index in [1.807, 2.05) is 4.90 Å². The van der Waals surface area contributed by atoms with Gasteiger partial charge in [-0.1, -0.05) is 24.4 Å². The number of nitrogens with zero attached hydrogens (tertiary/aromatic N) is 3. The molecule has 0 aromatic carbocycles. The lowest BCUT2D eigenvalue weighted by molar-refractivity contribution is 0.108. The van der Waals surface area contributed by atoms with Gasteiger partial charge in [0, 0.05) is 31.6 Å². The van der Waals surface area contributed by atoms with Gasteiger partial charge in [0.25, 0.3) is 0 Å². The highest BCUT2D eigenvalue weighted by Crippen LogP contribution is 2.32. The Bertz CT molecular complexity index is 538. The van der Waals surface area contributed by atoms with E-state index in [0.29, 0.717) is 12.5 Å². The number of aromatic nitrogens is 1. The van der Waals surface area contributed by atoms with Crippen LogP contribution < -0.4 is 0 Å². The van der Waals surface area contributed by atoms with Gasteiger partial charge < -0.3 is 9.26 Å². The Morgan fingerprint density at radius 3 is 2.95 bits per heavy atom. The first-order valence-electron chi connectivity index (χ1n) is 8.41. The molecule has 0 spiro atoms. The second-order valence-corrected chi connectivity index (χ2v) is 6.71. The third-order valence-electron chi connectivity index (χ3n) is 5.18. The number of cyclic esters (lactones) is 1. The average molecular weight is 305 g/mol. The molecule has 2 saturated heterocycles. The van der Waals surface area contributed by atoms with E-state index < -0.39 is 0 Å². The normalized spacial score (nSPS) is 27.0. The Hall–Kier alpha value is -1.56. The number of carbonyl (C=O) groups excluding carboxylic acids is 1. The summed E-state index contributed by atoms with van der Waals surface area (Å²) in [5.41, 5.74) is 1.13. The van der Waals surface area contributed by atoms with Crippen molar-refractivity contribution < 1.29 is 14.1 Å². The minimum Gasteiger partial charge on any atom is -0.447 e. The van der Waals surface area contributed by atoms with Crippen molar-refractivity contribution >= 4 is 6.09 Å². The van der Waals surface area contributed by atoms with Crippen LogP contribution in [0.4, 0.5) is 4.79 Å². The predicted molar refractivity (Wildman–Crippen MR) is 79.4 cm³/mol. The summed E-state index contributed by atoms with van der Waals surface area (Å²) in [7, 11) is 0. The van der Waals surface area contributed by atoms with E-state index in [-0.39, 0.29) is 12.1 Å². The van der Waals surface area contributed by atoms with Crippen molar-refractivity contribution in [3.63, 3.8) is 0 Å². The second-order valence-electron chi connectivity index (χ2n) is 6.71. The molecule has 1 aromatic rings. The summed E-state index contributed by atoms with van der Waals surface area (Å²) >= 11 is 0. The molecule has 6 nitrogen and oxygen atoms in total. The van der Waals surface area contributed by atoms with E-state index in [2.05, 4.69) is 16.1 Å². The second kappa shape index (κ2) is 5.91. The fourth-order valence-corrected chi connectivity index (χ4v) is 3.91. The van der Waals surface area contributed by atoms with Crippen molar-refractivity contribution in [2.75, 3.05) is 26.2 Å². The molecule has 1 aromatic heterocycles. The van der Waals surface area contributed by atoms with Crippen LogP contribution in [0.5, 0.6) is 0 Å². The largest absolute Gasteiger partial charge is 0.447 e. The van der Waals surface area contributed by atoms with Gasteiger partial charge in [-0.2, -0.15) is 0 Å². The number of rotatable bonds is 3. The molecule has 1 saturated carbocycles. The van der Waals surface area contributed by atoms with E-state index in [1.165, 1.54) is 32.1 Å². The molecule has 22 heavy (non-hydrogen) atoms. The number of amides is 1. The Morgan fingerprint density at radius 1 is 1.23 bits per heavy atom. The van der Waals surface area contributed by atoms with Crippen molar-refractivity contribution in [3.8, 4) is 0 Å².